The van der Waals surface area contributed by atoms with Crippen molar-refractivity contribution in [3.05, 3.63) is 29.8 Å². The summed E-state index contributed by atoms with van der Waals surface area (Å²) in [6.07, 6.45) is -2.48. The van der Waals surface area contributed by atoms with Gasteiger partial charge in [0.2, 0.25) is 10.0 Å². The number of alkyl halides is 3. The second-order valence-electron chi connectivity index (χ2n) is 7.52. The van der Waals surface area contributed by atoms with Crippen molar-refractivity contribution in [3.8, 4) is 0 Å². The lowest BCUT2D eigenvalue weighted by atomic mass is 10.2. The largest absolute Gasteiger partial charge is 0.417 e. The molecule has 2 N–H and O–H groups in total. The van der Waals surface area contributed by atoms with Crippen LogP contribution in [0.4, 0.5) is 13.2 Å². The normalized spacial score (nSPS) is 20.7. The van der Waals surface area contributed by atoms with E-state index in [1.807, 2.05) is 6.92 Å². The topological polar surface area (TPSA) is 70.9 Å². The predicted molar refractivity (Wildman–Crippen MR) is 96.1 cm³/mol. The number of carbonyl (C=O) groups excluding carboxylic acids is 1. The van der Waals surface area contributed by atoms with Gasteiger partial charge in [-0.25, -0.2) is 8.42 Å². The fourth-order valence-electron chi connectivity index (χ4n) is 3.53. The molecule has 1 aliphatic heterocycles. The monoisotopic (exact) mass is 420 g/mol. The molecule has 0 aromatic heterocycles. The molecule has 0 unspecified atom stereocenters. The number of rotatable bonds is 6. The summed E-state index contributed by atoms with van der Waals surface area (Å²) < 4.78 is 66.1. The number of hydrogen-bond donors (Lipinski definition) is 2. The molecule has 2 fully saturated rings. The number of halogens is 3. The molecule has 1 saturated heterocycles. The molecule has 3 rings (SSSR count). The van der Waals surface area contributed by atoms with Gasteiger partial charge in [-0.15, -0.1) is 0 Å². The van der Waals surface area contributed by atoms with Gasteiger partial charge in [-0.05, 0) is 37.8 Å². The summed E-state index contributed by atoms with van der Waals surface area (Å²) in [7, 11) is -4.25. The minimum atomic E-state index is -4.74. The number of sulfonamides is 1. The van der Waals surface area contributed by atoms with E-state index in [1.54, 1.807) is 0 Å². The van der Waals surface area contributed by atoms with Gasteiger partial charge < -0.3 is 10.2 Å². The maximum Gasteiger partial charge on any atom is 0.417 e. The zero-order valence-electron chi connectivity index (χ0n) is 15.6. The van der Waals surface area contributed by atoms with Crippen LogP contribution in [0.15, 0.2) is 29.2 Å². The molecule has 1 amide bonds. The highest BCUT2D eigenvalue weighted by atomic mass is 32.2. The van der Waals surface area contributed by atoms with E-state index < -0.39 is 26.7 Å². The maximum atomic E-state index is 13.2. The van der Waals surface area contributed by atoms with Crippen LogP contribution in [0.25, 0.3) is 0 Å². The Balaban J connectivity index is 1.60. The first kappa shape index (κ1) is 21.1. The van der Waals surface area contributed by atoms with Crippen LogP contribution in [0.5, 0.6) is 0 Å². The highest BCUT2D eigenvalue weighted by Crippen LogP contribution is 2.35. The van der Waals surface area contributed by atoms with Crippen molar-refractivity contribution in [1.29, 1.82) is 0 Å². The molecule has 10 heteroatoms. The average molecular weight is 420 g/mol. The molecule has 1 aromatic rings. The summed E-state index contributed by atoms with van der Waals surface area (Å²) in [4.78, 5) is 12.3. The molecule has 1 aromatic carbocycles. The van der Waals surface area contributed by atoms with E-state index in [-0.39, 0.29) is 31.6 Å². The molecule has 28 heavy (non-hydrogen) atoms. The Morgan fingerprint density at radius 2 is 1.86 bits per heavy atom. The van der Waals surface area contributed by atoms with Crippen LogP contribution in [0.3, 0.4) is 0 Å². The summed E-state index contributed by atoms with van der Waals surface area (Å²) in [5, 5.41) is 2.96. The highest BCUT2D eigenvalue weighted by Gasteiger charge is 2.40. The van der Waals surface area contributed by atoms with Crippen molar-refractivity contribution >= 4 is 15.9 Å². The number of benzene rings is 1. The molecule has 1 atom stereocenters. The standard InChI is InChI=1S/C18H24F3N3O3S/c1-13(14-6-7-14)22-17(25)12-23-8-10-24(11-9-23)28(26,27)16-5-3-2-4-15(16)18(19,20)21/h2-5,13-14H,6-12H2,1H3,(H,22,25)/p+1/t13-/m1/s1. The number of amides is 1. The zero-order chi connectivity index (χ0) is 20.5. The van der Waals surface area contributed by atoms with Crippen LogP contribution >= 0.6 is 0 Å². The Morgan fingerprint density at radius 3 is 2.43 bits per heavy atom. The lowest BCUT2D eigenvalue weighted by molar-refractivity contribution is -0.895. The molecule has 1 aliphatic carbocycles. The van der Waals surface area contributed by atoms with Crippen LogP contribution in [0.2, 0.25) is 0 Å². The molecular weight excluding hydrogens is 395 g/mol. The molecule has 1 saturated carbocycles. The Kier molecular flexibility index (Phi) is 6.02. The van der Waals surface area contributed by atoms with Gasteiger partial charge in [-0.3, -0.25) is 4.79 Å². The van der Waals surface area contributed by atoms with Gasteiger partial charge in [-0.1, -0.05) is 12.1 Å². The number of carbonyl (C=O) groups is 1. The predicted octanol–water partition coefficient (Wildman–Crippen LogP) is 0.509. The third kappa shape index (κ3) is 4.84. The van der Waals surface area contributed by atoms with Crippen LogP contribution < -0.4 is 10.2 Å². The third-order valence-corrected chi connectivity index (χ3v) is 7.32. The second kappa shape index (κ2) is 8.00. The van der Waals surface area contributed by atoms with Crippen molar-refractivity contribution in [2.45, 2.75) is 36.9 Å². The van der Waals surface area contributed by atoms with Gasteiger partial charge >= 0.3 is 6.18 Å². The van der Waals surface area contributed by atoms with Gasteiger partial charge in [0.05, 0.1) is 36.6 Å². The lowest BCUT2D eigenvalue weighted by Gasteiger charge is -2.31. The molecular formula is C18H25F3N3O3S+. The minimum absolute atomic E-state index is 0.0758. The van der Waals surface area contributed by atoms with E-state index in [2.05, 4.69) is 5.32 Å². The van der Waals surface area contributed by atoms with E-state index in [0.717, 1.165) is 34.2 Å². The number of nitrogens with one attached hydrogen (secondary N) is 2. The highest BCUT2D eigenvalue weighted by molar-refractivity contribution is 7.89. The summed E-state index contributed by atoms with van der Waals surface area (Å²) in [5.74, 6) is 0.475. The van der Waals surface area contributed by atoms with Crippen molar-refractivity contribution in [2.75, 3.05) is 32.7 Å². The van der Waals surface area contributed by atoms with Crippen molar-refractivity contribution in [2.24, 2.45) is 5.92 Å². The Labute approximate surface area is 162 Å². The van der Waals surface area contributed by atoms with Gasteiger partial charge in [-0.2, -0.15) is 17.5 Å². The minimum Gasteiger partial charge on any atom is -0.348 e. The molecule has 1 heterocycles. The van der Waals surface area contributed by atoms with E-state index >= 15 is 0 Å². The van der Waals surface area contributed by atoms with Gasteiger partial charge in [0, 0.05) is 6.04 Å². The summed E-state index contributed by atoms with van der Waals surface area (Å²) in [5.41, 5.74) is -1.15. The fourth-order valence-corrected chi connectivity index (χ4v) is 5.18. The van der Waals surface area contributed by atoms with Crippen LogP contribution in [-0.2, 0) is 21.0 Å². The summed E-state index contributed by atoms with van der Waals surface area (Å²) in [6.45, 7) is 3.12. The number of piperazine rings is 1. The Hall–Kier alpha value is -1.65. The van der Waals surface area contributed by atoms with Gasteiger partial charge in [0.1, 0.15) is 0 Å². The molecule has 0 bridgehead atoms. The fraction of sp³-hybridized carbons (Fsp3) is 0.611. The van der Waals surface area contributed by atoms with Gasteiger partial charge in [0.25, 0.3) is 5.91 Å². The van der Waals surface area contributed by atoms with Crippen molar-refractivity contribution in [3.63, 3.8) is 0 Å². The molecule has 6 nitrogen and oxygen atoms in total. The Morgan fingerprint density at radius 1 is 1.25 bits per heavy atom. The van der Waals surface area contributed by atoms with E-state index in [4.69, 9.17) is 0 Å². The smallest absolute Gasteiger partial charge is 0.348 e. The first-order valence-corrected chi connectivity index (χ1v) is 10.8. The zero-order valence-corrected chi connectivity index (χ0v) is 16.4. The average Bonchev–Trinajstić information content (AvgIpc) is 3.46. The van der Waals surface area contributed by atoms with E-state index in [0.29, 0.717) is 19.0 Å². The first-order chi connectivity index (χ1) is 13.1. The molecule has 156 valence electrons. The first-order valence-electron chi connectivity index (χ1n) is 9.38. The lowest BCUT2D eigenvalue weighted by Crippen LogP contribution is -3.15. The van der Waals surface area contributed by atoms with Crippen LogP contribution in [-0.4, -0.2) is 57.4 Å². The second-order valence-corrected chi connectivity index (χ2v) is 9.42. The van der Waals surface area contributed by atoms with E-state index in [1.165, 1.54) is 12.1 Å². The molecule has 0 radical (unpaired) electrons. The SMILES string of the molecule is C[C@@H](NC(=O)C[NH+]1CCN(S(=O)(=O)c2ccccc2C(F)(F)F)CC1)C1CC1. The molecule has 2 aliphatic rings. The summed E-state index contributed by atoms with van der Waals surface area (Å²) in [6, 6.07) is 4.37. The number of hydrogen-bond acceptors (Lipinski definition) is 3. The third-order valence-electron chi connectivity index (χ3n) is 5.37. The maximum absolute atomic E-state index is 13.2. The van der Waals surface area contributed by atoms with E-state index in [9.17, 15) is 26.4 Å². The van der Waals surface area contributed by atoms with Crippen LogP contribution in [0.1, 0.15) is 25.3 Å². The molecule has 0 spiro atoms. The van der Waals surface area contributed by atoms with Crippen molar-refractivity contribution < 1.29 is 31.3 Å². The number of quaternary nitrogens is 1. The number of nitrogens with zero attached hydrogens (tertiary/aromatic N) is 1. The quantitative estimate of drug-likeness (QED) is 0.705. The van der Waals surface area contributed by atoms with Gasteiger partial charge in [0.15, 0.2) is 6.54 Å². The van der Waals surface area contributed by atoms with Crippen molar-refractivity contribution in [1.82, 2.24) is 9.62 Å². The summed E-state index contributed by atoms with van der Waals surface area (Å²) >= 11 is 0. The Bertz CT molecular complexity index is 817. The van der Waals surface area contributed by atoms with Crippen LogP contribution in [0, 0.1) is 5.92 Å².